The first-order valence-electron chi connectivity index (χ1n) is 5.59. The van der Waals surface area contributed by atoms with Crippen LogP contribution in [0.4, 0.5) is 0 Å². The van der Waals surface area contributed by atoms with Crippen LogP contribution in [0.25, 0.3) is 0 Å². The quantitative estimate of drug-likeness (QED) is 0.829. The maximum Gasteiger partial charge on any atom is 0.310 e. The summed E-state index contributed by atoms with van der Waals surface area (Å²) in [5.41, 5.74) is 1.12. The van der Waals surface area contributed by atoms with Gasteiger partial charge in [-0.05, 0) is 43.4 Å². The average Bonchev–Trinajstić information content (AvgIpc) is 3.02. The summed E-state index contributed by atoms with van der Waals surface area (Å²) in [4.78, 5) is 11.0. The largest absolute Gasteiger partial charge is 0.493 e. The number of hydrogen-bond donors (Lipinski definition) is 1. The van der Waals surface area contributed by atoms with E-state index in [9.17, 15) is 4.79 Å². The van der Waals surface area contributed by atoms with Crippen molar-refractivity contribution in [1.82, 2.24) is 0 Å². The van der Waals surface area contributed by atoms with E-state index in [1.54, 1.807) is 0 Å². The molecular weight excluding hydrogens is 204 g/mol. The molecule has 0 heterocycles. The predicted octanol–water partition coefficient (Wildman–Crippen LogP) is 2.48. The SMILES string of the molecule is Cc1cccc(OCC(C(=O)O)C2CC2)c1. The Hall–Kier alpha value is -1.51. The Morgan fingerprint density at radius 2 is 2.31 bits per heavy atom. The number of carbonyl (C=O) groups is 1. The molecule has 0 spiro atoms. The summed E-state index contributed by atoms with van der Waals surface area (Å²) < 4.78 is 5.53. The fourth-order valence-corrected chi connectivity index (χ4v) is 1.80. The number of rotatable bonds is 5. The molecule has 1 saturated carbocycles. The summed E-state index contributed by atoms with van der Waals surface area (Å²) in [6, 6.07) is 7.69. The second-order valence-electron chi connectivity index (χ2n) is 4.41. The lowest BCUT2D eigenvalue weighted by atomic mass is 10.1. The minimum Gasteiger partial charge on any atom is -0.493 e. The molecule has 16 heavy (non-hydrogen) atoms. The summed E-state index contributed by atoms with van der Waals surface area (Å²) in [6.45, 7) is 2.27. The van der Waals surface area contributed by atoms with Crippen molar-refractivity contribution in [1.29, 1.82) is 0 Å². The highest BCUT2D eigenvalue weighted by atomic mass is 16.5. The predicted molar refractivity (Wildman–Crippen MR) is 60.5 cm³/mol. The molecule has 0 aromatic heterocycles. The highest BCUT2D eigenvalue weighted by Crippen LogP contribution is 2.37. The van der Waals surface area contributed by atoms with E-state index in [0.29, 0.717) is 5.92 Å². The molecule has 1 unspecified atom stereocenters. The third kappa shape index (κ3) is 2.75. The molecule has 86 valence electrons. The molecule has 1 aromatic rings. The summed E-state index contributed by atoms with van der Waals surface area (Å²) in [7, 11) is 0. The molecular formula is C13H16O3. The number of benzene rings is 1. The summed E-state index contributed by atoms with van der Waals surface area (Å²) in [6.07, 6.45) is 2.04. The van der Waals surface area contributed by atoms with Gasteiger partial charge in [0.25, 0.3) is 0 Å². The van der Waals surface area contributed by atoms with Crippen molar-refractivity contribution in [3.8, 4) is 5.75 Å². The second kappa shape index (κ2) is 4.56. The number of ether oxygens (including phenoxy) is 1. The van der Waals surface area contributed by atoms with Gasteiger partial charge in [-0.3, -0.25) is 4.79 Å². The van der Waals surface area contributed by atoms with Gasteiger partial charge >= 0.3 is 5.97 Å². The third-order valence-corrected chi connectivity index (χ3v) is 2.93. The highest BCUT2D eigenvalue weighted by Gasteiger charge is 2.36. The highest BCUT2D eigenvalue weighted by molar-refractivity contribution is 5.71. The van der Waals surface area contributed by atoms with Crippen LogP contribution in [-0.2, 0) is 4.79 Å². The molecule has 0 radical (unpaired) electrons. The van der Waals surface area contributed by atoms with Crippen LogP contribution in [0.15, 0.2) is 24.3 Å². The van der Waals surface area contributed by atoms with Crippen LogP contribution in [0, 0.1) is 18.8 Å². The van der Waals surface area contributed by atoms with E-state index in [1.807, 2.05) is 31.2 Å². The average molecular weight is 220 g/mol. The van der Waals surface area contributed by atoms with Gasteiger partial charge in [0.2, 0.25) is 0 Å². The van der Waals surface area contributed by atoms with Gasteiger partial charge in [-0.1, -0.05) is 12.1 Å². The zero-order valence-electron chi connectivity index (χ0n) is 9.35. The Morgan fingerprint density at radius 1 is 1.56 bits per heavy atom. The first-order valence-corrected chi connectivity index (χ1v) is 5.59. The first kappa shape index (κ1) is 11.0. The van der Waals surface area contributed by atoms with Crippen molar-refractivity contribution in [2.45, 2.75) is 19.8 Å². The molecule has 1 aliphatic rings. The zero-order chi connectivity index (χ0) is 11.5. The first-order chi connectivity index (χ1) is 7.66. The molecule has 1 aliphatic carbocycles. The molecule has 0 bridgehead atoms. The van der Waals surface area contributed by atoms with E-state index < -0.39 is 5.97 Å². The monoisotopic (exact) mass is 220 g/mol. The molecule has 1 N–H and O–H groups in total. The molecule has 3 heteroatoms. The van der Waals surface area contributed by atoms with Crippen LogP contribution in [0.1, 0.15) is 18.4 Å². The molecule has 2 rings (SSSR count). The van der Waals surface area contributed by atoms with Gasteiger partial charge in [0.05, 0.1) is 5.92 Å². The van der Waals surface area contributed by atoms with E-state index in [1.165, 1.54) is 0 Å². The third-order valence-electron chi connectivity index (χ3n) is 2.93. The topological polar surface area (TPSA) is 46.5 Å². The summed E-state index contributed by atoms with van der Waals surface area (Å²) in [5, 5.41) is 9.04. The van der Waals surface area contributed by atoms with Gasteiger partial charge in [-0.15, -0.1) is 0 Å². The lowest BCUT2D eigenvalue weighted by Gasteiger charge is -2.12. The zero-order valence-corrected chi connectivity index (χ0v) is 9.35. The van der Waals surface area contributed by atoms with E-state index in [4.69, 9.17) is 9.84 Å². The van der Waals surface area contributed by atoms with Gasteiger partial charge in [-0.2, -0.15) is 0 Å². The van der Waals surface area contributed by atoms with Crippen molar-refractivity contribution in [2.75, 3.05) is 6.61 Å². The van der Waals surface area contributed by atoms with Crippen LogP contribution >= 0.6 is 0 Å². The lowest BCUT2D eigenvalue weighted by Crippen LogP contribution is -2.23. The molecule has 0 aliphatic heterocycles. The Bertz CT molecular complexity index is 383. The van der Waals surface area contributed by atoms with Crippen LogP contribution in [0.5, 0.6) is 5.75 Å². The van der Waals surface area contributed by atoms with Gasteiger partial charge < -0.3 is 9.84 Å². The van der Waals surface area contributed by atoms with Gasteiger partial charge in [-0.25, -0.2) is 0 Å². The number of aliphatic carboxylic acids is 1. The number of carboxylic acids is 1. The Balaban J connectivity index is 1.92. The summed E-state index contributed by atoms with van der Waals surface area (Å²) >= 11 is 0. The van der Waals surface area contributed by atoms with Crippen LogP contribution < -0.4 is 4.74 Å². The molecule has 1 fully saturated rings. The summed E-state index contributed by atoms with van der Waals surface area (Å²) in [5.74, 6) is -0.00938. The van der Waals surface area contributed by atoms with Crippen molar-refractivity contribution in [2.24, 2.45) is 11.8 Å². The number of aryl methyl sites for hydroxylation is 1. The molecule has 3 nitrogen and oxygen atoms in total. The fourth-order valence-electron chi connectivity index (χ4n) is 1.80. The van der Waals surface area contributed by atoms with Crippen LogP contribution in [0.3, 0.4) is 0 Å². The maximum absolute atomic E-state index is 11.0. The van der Waals surface area contributed by atoms with Crippen LogP contribution in [0.2, 0.25) is 0 Å². The Labute approximate surface area is 95.0 Å². The lowest BCUT2D eigenvalue weighted by molar-refractivity contribution is -0.143. The number of carboxylic acid groups (broad SMARTS) is 1. The van der Waals surface area contributed by atoms with Crippen molar-refractivity contribution in [3.05, 3.63) is 29.8 Å². The van der Waals surface area contributed by atoms with E-state index in [0.717, 1.165) is 24.2 Å². The van der Waals surface area contributed by atoms with E-state index in [-0.39, 0.29) is 12.5 Å². The number of hydrogen-bond acceptors (Lipinski definition) is 2. The van der Waals surface area contributed by atoms with Gasteiger partial charge in [0.1, 0.15) is 12.4 Å². The minimum absolute atomic E-state index is 0.281. The molecule has 0 saturated heterocycles. The van der Waals surface area contributed by atoms with Crippen LogP contribution in [-0.4, -0.2) is 17.7 Å². The van der Waals surface area contributed by atoms with E-state index in [2.05, 4.69) is 0 Å². The normalized spacial score (nSPS) is 16.8. The molecule has 1 atom stereocenters. The van der Waals surface area contributed by atoms with Crippen molar-refractivity contribution < 1.29 is 14.6 Å². The maximum atomic E-state index is 11.0. The van der Waals surface area contributed by atoms with Gasteiger partial charge in [0.15, 0.2) is 0 Å². The molecule has 1 aromatic carbocycles. The molecule has 0 amide bonds. The fraction of sp³-hybridized carbons (Fsp3) is 0.462. The minimum atomic E-state index is -0.741. The smallest absolute Gasteiger partial charge is 0.310 e. The Morgan fingerprint density at radius 3 is 2.88 bits per heavy atom. The van der Waals surface area contributed by atoms with Crippen molar-refractivity contribution in [3.63, 3.8) is 0 Å². The van der Waals surface area contributed by atoms with E-state index >= 15 is 0 Å². The Kier molecular flexibility index (Phi) is 3.13. The van der Waals surface area contributed by atoms with Crippen molar-refractivity contribution >= 4 is 5.97 Å². The second-order valence-corrected chi connectivity index (χ2v) is 4.41. The standard InChI is InChI=1S/C13H16O3/c1-9-3-2-4-11(7-9)16-8-12(13(14)15)10-5-6-10/h2-4,7,10,12H,5-6,8H2,1H3,(H,14,15). The van der Waals surface area contributed by atoms with Gasteiger partial charge in [0, 0.05) is 0 Å².